The monoisotopic (exact) mass is 414 g/mol. The second-order valence-corrected chi connectivity index (χ2v) is 10.3. The number of hydrogen-bond acceptors (Lipinski definition) is 5. The molecule has 2 saturated carbocycles. The molecule has 1 N–H and O–H groups in total. The van der Waals surface area contributed by atoms with Gasteiger partial charge in [0.1, 0.15) is 6.61 Å². The average Bonchev–Trinajstić information content (AvgIpc) is 2.95. The van der Waals surface area contributed by atoms with Crippen LogP contribution in [0.15, 0.2) is 23.8 Å². The van der Waals surface area contributed by atoms with Gasteiger partial charge in [-0.3, -0.25) is 14.4 Å². The van der Waals surface area contributed by atoms with Crippen molar-refractivity contribution in [3.8, 4) is 0 Å². The Morgan fingerprint density at radius 3 is 2.67 bits per heavy atom. The van der Waals surface area contributed by atoms with Gasteiger partial charge in [0.05, 0.1) is 0 Å². The molecule has 0 spiro atoms. The highest BCUT2D eigenvalue weighted by Gasteiger charge is 2.70. The highest BCUT2D eigenvalue weighted by molar-refractivity contribution is 5.93. The maximum atomic E-state index is 13.1. The summed E-state index contributed by atoms with van der Waals surface area (Å²) in [6.45, 7) is 7.42. The summed E-state index contributed by atoms with van der Waals surface area (Å²) in [5.41, 5.74) is -0.709. The van der Waals surface area contributed by atoms with Crippen LogP contribution in [0.5, 0.6) is 0 Å². The molecule has 0 aromatic rings. The van der Waals surface area contributed by atoms with Crippen molar-refractivity contribution in [1.82, 2.24) is 0 Å². The Labute approximate surface area is 178 Å². The number of Topliss-reactive ketones (excluding diaryl/α,β-unsaturated/α-hetero) is 1. The molecule has 0 aromatic heterocycles. The topological polar surface area (TPSA) is 80.7 Å². The van der Waals surface area contributed by atoms with Gasteiger partial charge in [0, 0.05) is 24.2 Å². The second kappa shape index (κ2) is 7.15. The molecule has 0 amide bonds. The van der Waals surface area contributed by atoms with E-state index in [1.165, 1.54) is 5.57 Å². The van der Waals surface area contributed by atoms with Gasteiger partial charge in [0.2, 0.25) is 5.78 Å². The third-order valence-electron chi connectivity index (χ3n) is 9.06. The summed E-state index contributed by atoms with van der Waals surface area (Å²) >= 11 is 0. The van der Waals surface area contributed by atoms with Crippen LogP contribution in [0.4, 0.5) is 0 Å². The molecular formula is C25H34O5. The van der Waals surface area contributed by atoms with Crippen LogP contribution in [0.3, 0.4) is 0 Å². The quantitative estimate of drug-likeness (QED) is 0.559. The number of esters is 1. The number of hydrogen-bond donors (Lipinski definition) is 1. The number of fused-ring (bicyclic) bond motifs is 5. The largest absolute Gasteiger partial charge is 0.450 e. The zero-order chi connectivity index (χ0) is 21.9. The molecule has 164 valence electrons. The molecular weight excluding hydrogens is 380 g/mol. The van der Waals surface area contributed by atoms with E-state index in [4.69, 9.17) is 4.74 Å². The fourth-order valence-electron chi connectivity index (χ4n) is 7.47. The number of rotatable bonds is 4. The Kier molecular flexibility index (Phi) is 5.12. The molecule has 4 aliphatic rings. The first-order valence-electron chi connectivity index (χ1n) is 11.4. The molecule has 5 nitrogen and oxygen atoms in total. The van der Waals surface area contributed by atoms with Crippen LogP contribution in [0, 0.1) is 34.5 Å². The summed E-state index contributed by atoms with van der Waals surface area (Å²) in [4.78, 5) is 37.5. The van der Waals surface area contributed by atoms with Gasteiger partial charge in [-0.25, -0.2) is 0 Å². The van der Waals surface area contributed by atoms with Crippen molar-refractivity contribution in [2.24, 2.45) is 34.5 Å². The predicted molar refractivity (Wildman–Crippen MR) is 112 cm³/mol. The van der Waals surface area contributed by atoms with Crippen LogP contribution >= 0.6 is 0 Å². The lowest BCUT2D eigenvalue weighted by atomic mass is 9.48. The van der Waals surface area contributed by atoms with Gasteiger partial charge < -0.3 is 9.84 Å². The fourth-order valence-corrected chi connectivity index (χ4v) is 7.47. The van der Waals surface area contributed by atoms with Gasteiger partial charge in [0.25, 0.3) is 0 Å². The molecule has 0 heterocycles. The van der Waals surface area contributed by atoms with Crippen LogP contribution in [-0.2, 0) is 19.1 Å². The molecule has 5 heteroatoms. The van der Waals surface area contributed by atoms with Crippen LogP contribution in [0.1, 0.15) is 66.2 Å². The third kappa shape index (κ3) is 2.66. The van der Waals surface area contributed by atoms with E-state index in [1.807, 2.05) is 19.9 Å². The molecule has 0 aromatic carbocycles. The highest BCUT2D eigenvalue weighted by Crippen LogP contribution is 2.67. The molecule has 4 rings (SSSR count). The summed E-state index contributed by atoms with van der Waals surface area (Å²) in [5, 5.41) is 9.82. The van der Waals surface area contributed by atoms with Gasteiger partial charge in [0.15, 0.2) is 11.4 Å². The molecule has 7 atom stereocenters. The molecule has 30 heavy (non-hydrogen) atoms. The van der Waals surface area contributed by atoms with E-state index >= 15 is 0 Å². The first-order chi connectivity index (χ1) is 14.1. The van der Waals surface area contributed by atoms with Crippen molar-refractivity contribution in [3.05, 3.63) is 23.8 Å². The third-order valence-corrected chi connectivity index (χ3v) is 9.06. The van der Waals surface area contributed by atoms with Gasteiger partial charge in [-0.15, -0.1) is 0 Å². The molecule has 0 saturated heterocycles. The number of carbonyl (C=O) groups excluding carboxylic acids is 3. The standard InChI is InChI=1S/C25H34O5/c1-5-22(29)30-25(21(28)14-26)15(2)12-20-18-7-6-16-13-17(27)8-10-23(16,3)19(18)9-11-24(20,25)4/h9,11,13,15,18-20,26H,5-8,10,12,14H2,1-4H3/t15-,18+,19-,20-,23-,24-,25-/m0/s1. The first kappa shape index (κ1) is 21.5. The lowest BCUT2D eigenvalue weighted by Gasteiger charge is -2.56. The smallest absolute Gasteiger partial charge is 0.306 e. The summed E-state index contributed by atoms with van der Waals surface area (Å²) in [5.74, 6) is 0.161. The van der Waals surface area contributed by atoms with Gasteiger partial charge >= 0.3 is 5.97 Å². The van der Waals surface area contributed by atoms with E-state index < -0.39 is 29.4 Å². The number of carbonyl (C=O) groups is 3. The number of aliphatic hydroxyl groups is 1. The van der Waals surface area contributed by atoms with Crippen molar-refractivity contribution >= 4 is 17.5 Å². The summed E-state index contributed by atoms with van der Waals surface area (Å²) in [7, 11) is 0. The van der Waals surface area contributed by atoms with Gasteiger partial charge in [-0.05, 0) is 54.9 Å². The predicted octanol–water partition coefficient (Wildman–Crippen LogP) is 3.79. The highest BCUT2D eigenvalue weighted by atomic mass is 16.6. The van der Waals surface area contributed by atoms with Crippen LogP contribution in [0.25, 0.3) is 0 Å². The molecule has 0 aliphatic heterocycles. The lowest BCUT2D eigenvalue weighted by molar-refractivity contribution is -0.186. The van der Waals surface area contributed by atoms with Crippen molar-refractivity contribution < 1.29 is 24.2 Å². The Bertz CT molecular complexity index is 840. The Morgan fingerprint density at radius 2 is 2.00 bits per heavy atom. The summed E-state index contributed by atoms with van der Waals surface area (Å²) in [6.07, 6.45) is 10.6. The minimum Gasteiger partial charge on any atom is -0.450 e. The van der Waals surface area contributed by atoms with Gasteiger partial charge in [-0.2, -0.15) is 0 Å². The fraction of sp³-hybridized carbons (Fsp3) is 0.720. The molecule has 2 fully saturated rings. The minimum absolute atomic E-state index is 0.0236. The minimum atomic E-state index is -1.32. The van der Waals surface area contributed by atoms with Crippen molar-refractivity contribution in [1.29, 1.82) is 0 Å². The average molecular weight is 415 g/mol. The number of allylic oxidation sites excluding steroid dienone is 3. The van der Waals surface area contributed by atoms with E-state index in [1.54, 1.807) is 6.92 Å². The zero-order valence-electron chi connectivity index (χ0n) is 18.6. The van der Waals surface area contributed by atoms with Crippen molar-refractivity contribution in [2.45, 2.75) is 71.8 Å². The van der Waals surface area contributed by atoms with E-state index in [9.17, 15) is 19.5 Å². The Balaban J connectivity index is 1.80. The normalized spacial score (nSPS) is 44.6. The van der Waals surface area contributed by atoms with Crippen LogP contribution in [0.2, 0.25) is 0 Å². The summed E-state index contributed by atoms with van der Waals surface area (Å²) < 4.78 is 5.96. The number of ether oxygens (including phenoxy) is 1. The van der Waals surface area contributed by atoms with E-state index in [2.05, 4.69) is 19.1 Å². The summed E-state index contributed by atoms with van der Waals surface area (Å²) in [6, 6.07) is 0. The maximum absolute atomic E-state index is 13.1. The second-order valence-electron chi connectivity index (χ2n) is 10.3. The first-order valence-corrected chi connectivity index (χ1v) is 11.4. The van der Waals surface area contributed by atoms with Gasteiger partial charge in [-0.1, -0.05) is 45.4 Å². The van der Waals surface area contributed by atoms with Crippen LogP contribution < -0.4 is 0 Å². The molecule has 0 radical (unpaired) electrons. The molecule has 4 aliphatic carbocycles. The Hall–Kier alpha value is -1.75. The van der Waals surface area contributed by atoms with Crippen molar-refractivity contribution in [3.63, 3.8) is 0 Å². The lowest BCUT2D eigenvalue weighted by Crippen LogP contribution is -2.60. The van der Waals surface area contributed by atoms with E-state index in [-0.39, 0.29) is 29.5 Å². The van der Waals surface area contributed by atoms with E-state index in [0.29, 0.717) is 18.3 Å². The molecule has 0 unspecified atom stereocenters. The number of aliphatic hydroxyl groups excluding tert-OH is 1. The molecule has 0 bridgehead atoms. The van der Waals surface area contributed by atoms with Crippen molar-refractivity contribution in [2.75, 3.05) is 6.61 Å². The SMILES string of the molecule is CCC(=O)O[C@]1(C(=O)CO)[C@@H](C)C[C@H]2[C@@H]3CCC4=CC(=O)CC[C@]4(C)[C@H]3C=C[C@@]21C. The van der Waals surface area contributed by atoms with E-state index in [0.717, 1.165) is 25.7 Å². The number of ketones is 2. The van der Waals surface area contributed by atoms with Crippen LogP contribution in [-0.4, -0.2) is 34.9 Å². The maximum Gasteiger partial charge on any atom is 0.306 e. The Morgan fingerprint density at radius 1 is 1.27 bits per heavy atom. The zero-order valence-corrected chi connectivity index (χ0v) is 18.6.